The molecule has 4 heteroatoms. The van der Waals surface area contributed by atoms with E-state index in [1.54, 1.807) is 11.0 Å². The van der Waals surface area contributed by atoms with Gasteiger partial charge in [0, 0.05) is 18.7 Å². The number of benzene rings is 1. The van der Waals surface area contributed by atoms with Crippen molar-refractivity contribution in [1.82, 2.24) is 4.90 Å². The lowest BCUT2D eigenvalue weighted by Crippen LogP contribution is -2.45. The van der Waals surface area contributed by atoms with Crippen molar-refractivity contribution in [3.8, 4) is 0 Å². The Bertz CT molecular complexity index is 565. The Kier molecular flexibility index (Phi) is 4.78. The fraction of sp³-hybridized carbons (Fsp3) is 0.412. The van der Waals surface area contributed by atoms with Crippen molar-refractivity contribution in [2.45, 2.75) is 32.7 Å². The first-order valence-corrected chi connectivity index (χ1v) is 7.25. The fourth-order valence-corrected chi connectivity index (χ4v) is 2.76. The van der Waals surface area contributed by atoms with Gasteiger partial charge in [-0.2, -0.15) is 0 Å². The molecular weight excluding hydrogens is 266 g/mol. The van der Waals surface area contributed by atoms with Crippen LogP contribution in [0.3, 0.4) is 0 Å². The van der Waals surface area contributed by atoms with Gasteiger partial charge in [-0.1, -0.05) is 29.8 Å². The maximum absolute atomic E-state index is 12.2. The van der Waals surface area contributed by atoms with Crippen LogP contribution >= 0.6 is 0 Å². The van der Waals surface area contributed by atoms with Gasteiger partial charge in [0.05, 0.1) is 5.92 Å². The first-order valence-electron chi connectivity index (χ1n) is 7.25. The largest absolute Gasteiger partial charge is 0.481 e. The fourth-order valence-electron chi connectivity index (χ4n) is 2.76. The van der Waals surface area contributed by atoms with Gasteiger partial charge in [-0.05, 0) is 38.3 Å². The molecule has 0 aliphatic carbocycles. The number of rotatable bonds is 3. The summed E-state index contributed by atoms with van der Waals surface area (Å²) in [5.41, 5.74) is 2.15. The highest BCUT2D eigenvalue weighted by Gasteiger charge is 2.31. The second kappa shape index (κ2) is 6.57. The van der Waals surface area contributed by atoms with E-state index in [9.17, 15) is 9.59 Å². The van der Waals surface area contributed by atoms with Crippen LogP contribution in [0.5, 0.6) is 0 Å². The summed E-state index contributed by atoms with van der Waals surface area (Å²) in [6.45, 7) is 4.43. The molecule has 0 bridgehead atoms. The highest BCUT2D eigenvalue weighted by molar-refractivity contribution is 5.92. The molecule has 1 aromatic carbocycles. The number of piperidine rings is 1. The monoisotopic (exact) mass is 287 g/mol. The number of likely N-dealkylation sites (tertiary alicyclic amines) is 1. The average molecular weight is 287 g/mol. The molecule has 0 radical (unpaired) electrons. The third-order valence-corrected chi connectivity index (χ3v) is 3.97. The number of aryl methyl sites for hydroxylation is 1. The minimum Gasteiger partial charge on any atom is -0.481 e. The Balaban J connectivity index is 1.99. The summed E-state index contributed by atoms with van der Waals surface area (Å²) in [5.74, 6) is -1.14. The maximum atomic E-state index is 12.2. The number of carbonyl (C=O) groups is 2. The number of amides is 1. The van der Waals surface area contributed by atoms with Gasteiger partial charge in [-0.3, -0.25) is 9.59 Å². The molecular formula is C17H21NO3. The molecule has 0 saturated carbocycles. The van der Waals surface area contributed by atoms with E-state index in [2.05, 4.69) is 0 Å². The number of carboxylic acid groups (broad SMARTS) is 1. The maximum Gasteiger partial charge on any atom is 0.306 e. The molecule has 0 spiro atoms. The summed E-state index contributed by atoms with van der Waals surface area (Å²) in [6, 6.07) is 7.91. The van der Waals surface area contributed by atoms with Crippen molar-refractivity contribution in [1.29, 1.82) is 0 Å². The second-order valence-electron chi connectivity index (χ2n) is 5.69. The highest BCUT2D eigenvalue weighted by atomic mass is 16.4. The Morgan fingerprint density at radius 2 is 2.14 bits per heavy atom. The van der Waals surface area contributed by atoms with Crippen molar-refractivity contribution in [3.63, 3.8) is 0 Å². The number of nitrogens with zero attached hydrogens (tertiary/aromatic N) is 1. The first kappa shape index (κ1) is 15.3. The van der Waals surface area contributed by atoms with Crippen LogP contribution in [0.2, 0.25) is 0 Å². The quantitative estimate of drug-likeness (QED) is 0.870. The summed E-state index contributed by atoms with van der Waals surface area (Å²) < 4.78 is 0. The van der Waals surface area contributed by atoms with Crippen LogP contribution in [0.15, 0.2) is 30.3 Å². The van der Waals surface area contributed by atoms with Crippen molar-refractivity contribution in [3.05, 3.63) is 41.5 Å². The molecule has 1 saturated heterocycles. The van der Waals surface area contributed by atoms with E-state index in [0.29, 0.717) is 19.4 Å². The number of carbonyl (C=O) groups excluding carboxylic acids is 1. The molecule has 1 heterocycles. The predicted molar refractivity (Wildman–Crippen MR) is 81.7 cm³/mol. The molecule has 1 fully saturated rings. The van der Waals surface area contributed by atoms with E-state index in [-0.39, 0.29) is 17.9 Å². The third kappa shape index (κ3) is 3.94. The van der Waals surface area contributed by atoms with E-state index < -0.39 is 5.97 Å². The number of carboxylic acids is 1. The van der Waals surface area contributed by atoms with Crippen molar-refractivity contribution >= 4 is 18.0 Å². The molecule has 0 aromatic heterocycles. The smallest absolute Gasteiger partial charge is 0.306 e. The molecule has 112 valence electrons. The molecule has 1 aliphatic heterocycles. The number of hydrogen-bond donors (Lipinski definition) is 1. The summed E-state index contributed by atoms with van der Waals surface area (Å²) in [4.78, 5) is 25.0. The molecule has 2 rings (SSSR count). The Labute approximate surface area is 125 Å². The molecule has 4 nitrogen and oxygen atoms in total. The van der Waals surface area contributed by atoms with Crippen LogP contribution in [-0.2, 0) is 9.59 Å². The van der Waals surface area contributed by atoms with Gasteiger partial charge in [0.15, 0.2) is 0 Å². The van der Waals surface area contributed by atoms with E-state index in [1.165, 1.54) is 0 Å². The first-order chi connectivity index (χ1) is 9.97. The lowest BCUT2D eigenvalue weighted by molar-refractivity contribution is -0.146. The van der Waals surface area contributed by atoms with E-state index in [0.717, 1.165) is 11.1 Å². The highest BCUT2D eigenvalue weighted by Crippen LogP contribution is 2.23. The van der Waals surface area contributed by atoms with Gasteiger partial charge in [-0.15, -0.1) is 0 Å². The van der Waals surface area contributed by atoms with Gasteiger partial charge in [0.25, 0.3) is 0 Å². The summed E-state index contributed by atoms with van der Waals surface area (Å²) >= 11 is 0. The van der Waals surface area contributed by atoms with Crippen molar-refractivity contribution in [2.24, 2.45) is 5.92 Å². The Hall–Kier alpha value is -2.10. The molecule has 21 heavy (non-hydrogen) atoms. The van der Waals surface area contributed by atoms with Gasteiger partial charge in [0.2, 0.25) is 5.91 Å². The van der Waals surface area contributed by atoms with Crippen molar-refractivity contribution in [2.75, 3.05) is 6.54 Å². The van der Waals surface area contributed by atoms with Crippen LogP contribution < -0.4 is 0 Å². The Morgan fingerprint density at radius 3 is 2.76 bits per heavy atom. The second-order valence-corrected chi connectivity index (χ2v) is 5.69. The van der Waals surface area contributed by atoms with Crippen molar-refractivity contribution < 1.29 is 14.7 Å². The van der Waals surface area contributed by atoms with E-state index in [4.69, 9.17) is 5.11 Å². The van der Waals surface area contributed by atoms with E-state index in [1.807, 2.05) is 44.2 Å². The minimum absolute atomic E-state index is 0.0329. The Morgan fingerprint density at radius 1 is 1.38 bits per heavy atom. The summed E-state index contributed by atoms with van der Waals surface area (Å²) in [5, 5.41) is 9.04. The van der Waals surface area contributed by atoms with Gasteiger partial charge in [-0.25, -0.2) is 0 Å². The topological polar surface area (TPSA) is 57.6 Å². The standard InChI is InChI=1S/C17H21NO3/c1-12-4-3-5-14(10-12)6-7-16(19)18-9-8-15(17(20)21)11-13(18)2/h3-7,10,13,15H,8-9,11H2,1-2H3,(H,20,21)/b7-6+. The zero-order chi connectivity index (χ0) is 15.4. The molecule has 2 unspecified atom stereocenters. The molecule has 2 atom stereocenters. The lowest BCUT2D eigenvalue weighted by atomic mass is 9.91. The predicted octanol–water partition coefficient (Wildman–Crippen LogP) is 2.72. The van der Waals surface area contributed by atoms with Crippen LogP contribution in [0.1, 0.15) is 30.9 Å². The molecule has 1 aromatic rings. The van der Waals surface area contributed by atoms with E-state index >= 15 is 0 Å². The normalized spacial score (nSPS) is 22.5. The number of hydrogen-bond acceptors (Lipinski definition) is 2. The van der Waals surface area contributed by atoms with Crippen LogP contribution in [0, 0.1) is 12.8 Å². The van der Waals surface area contributed by atoms with Crippen LogP contribution in [0.25, 0.3) is 6.08 Å². The van der Waals surface area contributed by atoms with Crippen LogP contribution in [-0.4, -0.2) is 34.5 Å². The minimum atomic E-state index is -0.760. The molecule has 1 amide bonds. The lowest BCUT2D eigenvalue weighted by Gasteiger charge is -2.35. The molecule has 1 aliphatic rings. The molecule has 1 N–H and O–H groups in total. The average Bonchev–Trinajstić information content (AvgIpc) is 2.44. The summed E-state index contributed by atoms with van der Waals surface area (Å²) in [7, 11) is 0. The summed E-state index contributed by atoms with van der Waals surface area (Å²) in [6.07, 6.45) is 4.45. The zero-order valence-electron chi connectivity index (χ0n) is 12.5. The zero-order valence-corrected chi connectivity index (χ0v) is 12.5. The van der Waals surface area contributed by atoms with Gasteiger partial charge >= 0.3 is 5.97 Å². The third-order valence-electron chi connectivity index (χ3n) is 3.97. The van der Waals surface area contributed by atoms with Crippen LogP contribution in [0.4, 0.5) is 0 Å². The van der Waals surface area contributed by atoms with Gasteiger partial charge < -0.3 is 10.0 Å². The number of aliphatic carboxylic acids is 1. The van der Waals surface area contributed by atoms with Gasteiger partial charge in [0.1, 0.15) is 0 Å². The SMILES string of the molecule is Cc1cccc(/C=C/C(=O)N2CCC(C(=O)O)CC2C)c1.